The molecule has 254 valence electrons. The van der Waals surface area contributed by atoms with Gasteiger partial charge in [0.05, 0.1) is 11.1 Å². The van der Waals surface area contributed by atoms with Gasteiger partial charge >= 0.3 is 0 Å². The van der Waals surface area contributed by atoms with Crippen LogP contribution in [-0.4, -0.2) is 66.3 Å². The second-order valence-electron chi connectivity index (χ2n) is 13.8. The van der Waals surface area contributed by atoms with Gasteiger partial charge in [-0.2, -0.15) is 0 Å². The van der Waals surface area contributed by atoms with E-state index in [1.165, 1.54) is 17.3 Å². The van der Waals surface area contributed by atoms with Gasteiger partial charge in [0, 0.05) is 76.5 Å². The second kappa shape index (κ2) is 13.2. The molecular formula is C39H43FN6O3. The average Bonchev–Trinajstić information content (AvgIpc) is 3.52. The Kier molecular flexibility index (Phi) is 8.75. The summed E-state index contributed by atoms with van der Waals surface area (Å²) in [6, 6.07) is 22.3. The van der Waals surface area contributed by atoms with Gasteiger partial charge in [0.25, 0.3) is 17.7 Å². The highest BCUT2D eigenvalue weighted by Crippen LogP contribution is 2.49. The molecule has 3 heterocycles. The van der Waals surface area contributed by atoms with Crippen molar-refractivity contribution in [3.05, 3.63) is 118 Å². The van der Waals surface area contributed by atoms with Gasteiger partial charge in [0.2, 0.25) is 0 Å². The van der Waals surface area contributed by atoms with Gasteiger partial charge in [0.15, 0.2) is 0 Å². The summed E-state index contributed by atoms with van der Waals surface area (Å²) in [5.74, 6) is -1.14. The van der Waals surface area contributed by atoms with Crippen LogP contribution in [0, 0.1) is 5.82 Å². The lowest BCUT2D eigenvalue weighted by molar-refractivity contribution is -0.0217. The van der Waals surface area contributed by atoms with Gasteiger partial charge in [-0.1, -0.05) is 24.3 Å². The molecule has 0 bridgehead atoms. The molecule has 9 nitrogen and oxygen atoms in total. The van der Waals surface area contributed by atoms with Crippen LogP contribution in [0.15, 0.2) is 72.8 Å². The van der Waals surface area contributed by atoms with E-state index in [-0.39, 0.29) is 22.9 Å². The Balaban J connectivity index is 0.971. The van der Waals surface area contributed by atoms with Crippen molar-refractivity contribution in [1.29, 1.82) is 0 Å². The lowest BCUT2D eigenvalue weighted by Crippen LogP contribution is -2.56. The normalized spacial score (nSPS) is 16.4. The third kappa shape index (κ3) is 6.21. The Morgan fingerprint density at radius 2 is 1.59 bits per heavy atom. The smallest absolute Gasteiger partial charge is 0.268 e. The van der Waals surface area contributed by atoms with E-state index in [0.717, 1.165) is 75.1 Å². The van der Waals surface area contributed by atoms with E-state index in [1.807, 2.05) is 54.4 Å². The fraction of sp³-hybridized carbons (Fsp3) is 0.359. The minimum atomic E-state index is -0.531. The van der Waals surface area contributed by atoms with Crippen molar-refractivity contribution in [2.24, 2.45) is 0 Å². The monoisotopic (exact) mass is 662 g/mol. The molecule has 1 aromatic heterocycles. The molecule has 4 aromatic rings. The van der Waals surface area contributed by atoms with Gasteiger partial charge in [-0.15, -0.1) is 0 Å². The van der Waals surface area contributed by atoms with E-state index in [2.05, 4.69) is 26.2 Å². The molecule has 3 aliphatic rings. The van der Waals surface area contributed by atoms with E-state index in [0.29, 0.717) is 23.5 Å². The number of aryl methyl sites for hydroxylation is 1. The fourth-order valence-electron chi connectivity index (χ4n) is 7.60. The first-order chi connectivity index (χ1) is 23.6. The molecule has 2 aliphatic heterocycles. The van der Waals surface area contributed by atoms with Gasteiger partial charge in [-0.25, -0.2) is 4.39 Å². The third-order valence-corrected chi connectivity index (χ3v) is 10.5. The number of amides is 3. The molecule has 49 heavy (non-hydrogen) atoms. The molecule has 0 radical (unpaired) electrons. The number of carbonyl (C=O) groups is 3. The minimum absolute atomic E-state index is 0.00292. The van der Waals surface area contributed by atoms with Gasteiger partial charge < -0.3 is 25.0 Å². The molecular weight excluding hydrogens is 619 g/mol. The van der Waals surface area contributed by atoms with Crippen LogP contribution in [-0.2, 0) is 31.6 Å². The van der Waals surface area contributed by atoms with E-state index in [1.54, 1.807) is 37.2 Å². The number of hydrogen-bond acceptors (Lipinski definition) is 5. The molecule has 0 atom stereocenters. The summed E-state index contributed by atoms with van der Waals surface area (Å²) in [7, 11) is 5.46. The fourth-order valence-corrected chi connectivity index (χ4v) is 7.60. The SMILES string of the molecule is CN(C)C(=O)c1ccc(CN2CCn3c(C(=O)NCc4ccc(NC(=O)c5cc6c(cc5F)N(C)CCC6)cc4)ccc3C23CCC3)cc1. The molecule has 7 rings (SSSR count). The van der Waals surface area contributed by atoms with E-state index >= 15 is 0 Å². The summed E-state index contributed by atoms with van der Waals surface area (Å²) in [5, 5.41) is 5.88. The highest BCUT2D eigenvalue weighted by Gasteiger charge is 2.48. The van der Waals surface area contributed by atoms with Crippen LogP contribution in [0.4, 0.5) is 15.8 Å². The van der Waals surface area contributed by atoms with Crippen LogP contribution in [0.3, 0.4) is 0 Å². The summed E-state index contributed by atoms with van der Waals surface area (Å²) < 4.78 is 17.0. The molecule has 1 aliphatic carbocycles. The van der Waals surface area contributed by atoms with E-state index < -0.39 is 11.7 Å². The third-order valence-electron chi connectivity index (χ3n) is 10.5. The van der Waals surface area contributed by atoms with Crippen LogP contribution in [0.1, 0.15) is 79.3 Å². The quantitative estimate of drug-likeness (QED) is 0.250. The maximum Gasteiger partial charge on any atom is 0.268 e. The summed E-state index contributed by atoms with van der Waals surface area (Å²) in [6.45, 7) is 3.56. The summed E-state index contributed by atoms with van der Waals surface area (Å²) in [5.41, 5.74) is 6.93. The molecule has 0 unspecified atom stereocenters. The molecule has 3 amide bonds. The molecule has 1 fully saturated rings. The predicted molar refractivity (Wildman–Crippen MR) is 188 cm³/mol. The molecule has 2 N–H and O–H groups in total. The zero-order valence-electron chi connectivity index (χ0n) is 28.4. The summed E-state index contributed by atoms with van der Waals surface area (Å²) in [4.78, 5) is 44.8. The molecule has 3 aromatic carbocycles. The van der Waals surface area contributed by atoms with E-state index in [9.17, 15) is 18.8 Å². The first-order valence-electron chi connectivity index (χ1n) is 17.1. The van der Waals surface area contributed by atoms with Crippen LogP contribution >= 0.6 is 0 Å². The first kappa shape index (κ1) is 32.6. The van der Waals surface area contributed by atoms with Crippen molar-refractivity contribution >= 4 is 29.1 Å². The average molecular weight is 663 g/mol. The van der Waals surface area contributed by atoms with Crippen LogP contribution in [0.2, 0.25) is 0 Å². The van der Waals surface area contributed by atoms with E-state index in [4.69, 9.17) is 0 Å². The standard InChI is InChI=1S/C39H43FN6O3/c1-43(2)38(49)28-11-7-27(8-12-28)25-45-20-21-46-33(15-16-35(46)39(45)17-5-18-39)37(48)41-24-26-9-13-30(14-10-26)42-36(47)31-22-29-6-4-19-44(3)34(29)23-32(31)40/h7-16,22-23H,4-6,17-21,24-25H2,1-3H3,(H,41,48)(H,42,47). The lowest BCUT2D eigenvalue weighted by Gasteiger charge is -2.53. The van der Waals surface area contributed by atoms with Crippen LogP contribution < -0.4 is 15.5 Å². The van der Waals surface area contributed by atoms with Gasteiger partial charge in [0.1, 0.15) is 11.5 Å². The molecule has 0 saturated heterocycles. The van der Waals surface area contributed by atoms with Crippen molar-refractivity contribution in [3.63, 3.8) is 0 Å². The Hall–Kier alpha value is -4.96. The van der Waals surface area contributed by atoms with Gasteiger partial charge in [-0.3, -0.25) is 19.3 Å². The number of nitrogens with one attached hydrogen (secondary N) is 2. The summed E-state index contributed by atoms with van der Waals surface area (Å²) >= 11 is 0. The zero-order chi connectivity index (χ0) is 34.3. The minimum Gasteiger partial charge on any atom is -0.374 e. The Labute approximate surface area is 286 Å². The van der Waals surface area contributed by atoms with Crippen molar-refractivity contribution in [2.45, 2.75) is 57.3 Å². The van der Waals surface area contributed by atoms with Crippen LogP contribution in [0.25, 0.3) is 0 Å². The second-order valence-corrected chi connectivity index (χ2v) is 13.8. The number of rotatable bonds is 8. The highest BCUT2D eigenvalue weighted by molar-refractivity contribution is 6.05. The van der Waals surface area contributed by atoms with Gasteiger partial charge in [-0.05, 0) is 97.3 Å². The number of fused-ring (bicyclic) bond motifs is 3. The largest absolute Gasteiger partial charge is 0.374 e. The number of nitrogens with zero attached hydrogens (tertiary/aromatic N) is 4. The van der Waals surface area contributed by atoms with Crippen molar-refractivity contribution in [2.75, 3.05) is 44.4 Å². The molecule has 10 heteroatoms. The Bertz CT molecular complexity index is 1890. The predicted octanol–water partition coefficient (Wildman–Crippen LogP) is 5.79. The van der Waals surface area contributed by atoms with Crippen molar-refractivity contribution in [3.8, 4) is 0 Å². The molecule has 1 spiro atoms. The Morgan fingerprint density at radius 3 is 2.29 bits per heavy atom. The molecule has 1 saturated carbocycles. The van der Waals surface area contributed by atoms with Crippen LogP contribution in [0.5, 0.6) is 0 Å². The lowest BCUT2D eigenvalue weighted by atomic mass is 9.71. The number of hydrogen-bond donors (Lipinski definition) is 2. The van der Waals surface area contributed by atoms with Crippen molar-refractivity contribution < 1.29 is 18.8 Å². The maximum atomic E-state index is 14.9. The first-order valence-corrected chi connectivity index (χ1v) is 17.1. The summed E-state index contributed by atoms with van der Waals surface area (Å²) in [6.07, 6.45) is 5.04. The highest BCUT2D eigenvalue weighted by atomic mass is 19.1. The number of aromatic nitrogens is 1. The maximum absolute atomic E-state index is 14.9. The number of halogens is 1. The zero-order valence-corrected chi connectivity index (χ0v) is 28.4. The number of anilines is 2. The number of carbonyl (C=O) groups excluding carboxylic acids is 3. The Morgan fingerprint density at radius 1 is 0.857 bits per heavy atom. The topological polar surface area (TPSA) is 89.9 Å². The van der Waals surface area contributed by atoms with Crippen molar-refractivity contribution in [1.82, 2.24) is 19.7 Å². The number of benzene rings is 3.